The van der Waals surface area contributed by atoms with E-state index in [2.05, 4.69) is 33.2 Å². The van der Waals surface area contributed by atoms with Gasteiger partial charge in [-0.1, -0.05) is 6.92 Å². The summed E-state index contributed by atoms with van der Waals surface area (Å²) in [5.41, 5.74) is 10.5. The molecule has 1 aliphatic carbocycles. The number of hydrogen-bond acceptors (Lipinski definition) is 5. The molecule has 2 bridgehead atoms. The fraction of sp³-hybridized carbons (Fsp3) is 0.423. The average molecular weight is 459 g/mol. The SMILES string of the molecule is CCCn1c(-c2nc3cc(C(=O)N4C[C@H]5CC[C@@H]4C5N)cc(OC)c3n2C)cc2cccnc21. The first-order chi connectivity index (χ1) is 16.5. The van der Waals surface area contributed by atoms with Gasteiger partial charge in [-0.25, -0.2) is 9.97 Å². The molecule has 1 saturated heterocycles. The summed E-state index contributed by atoms with van der Waals surface area (Å²) in [4.78, 5) is 25.0. The molecule has 2 fully saturated rings. The second-order valence-electron chi connectivity index (χ2n) is 9.58. The molecule has 4 aromatic rings. The van der Waals surface area contributed by atoms with Crippen molar-refractivity contribution in [2.24, 2.45) is 18.7 Å². The number of piperidine rings is 1. The van der Waals surface area contributed by atoms with Gasteiger partial charge in [0, 0.05) is 49.4 Å². The second kappa shape index (κ2) is 7.84. The molecule has 0 radical (unpaired) electrons. The van der Waals surface area contributed by atoms with Gasteiger partial charge in [0.05, 0.1) is 18.3 Å². The smallest absolute Gasteiger partial charge is 0.254 e. The maximum absolute atomic E-state index is 13.5. The van der Waals surface area contributed by atoms with Crippen molar-refractivity contribution in [1.82, 2.24) is 24.0 Å². The summed E-state index contributed by atoms with van der Waals surface area (Å²) in [6.45, 7) is 3.74. The number of benzene rings is 1. The Hall–Kier alpha value is -3.39. The van der Waals surface area contributed by atoms with Crippen LogP contribution in [0.1, 0.15) is 36.5 Å². The number of imidazole rings is 1. The van der Waals surface area contributed by atoms with Gasteiger partial charge in [0.25, 0.3) is 5.91 Å². The summed E-state index contributed by atoms with van der Waals surface area (Å²) in [5, 5.41) is 1.08. The number of methoxy groups -OCH3 is 1. The number of aryl methyl sites for hydroxylation is 2. The molecule has 1 saturated carbocycles. The van der Waals surface area contributed by atoms with Gasteiger partial charge < -0.3 is 24.5 Å². The highest BCUT2D eigenvalue weighted by Crippen LogP contribution is 2.39. The molecule has 3 atom stereocenters. The van der Waals surface area contributed by atoms with Crippen LogP contribution in [-0.2, 0) is 13.6 Å². The highest BCUT2D eigenvalue weighted by atomic mass is 16.5. The van der Waals surface area contributed by atoms with E-state index in [9.17, 15) is 4.79 Å². The van der Waals surface area contributed by atoms with E-state index in [4.69, 9.17) is 15.5 Å². The van der Waals surface area contributed by atoms with Gasteiger partial charge in [-0.15, -0.1) is 0 Å². The molecule has 1 unspecified atom stereocenters. The molecule has 6 rings (SSSR count). The van der Waals surface area contributed by atoms with E-state index in [1.807, 2.05) is 36.3 Å². The lowest BCUT2D eigenvalue weighted by molar-refractivity contribution is 0.0700. The zero-order valence-corrected chi connectivity index (χ0v) is 19.9. The van der Waals surface area contributed by atoms with Crippen molar-refractivity contribution in [3.63, 3.8) is 0 Å². The van der Waals surface area contributed by atoms with Crippen LogP contribution in [0.4, 0.5) is 0 Å². The van der Waals surface area contributed by atoms with Crippen LogP contribution < -0.4 is 10.5 Å². The van der Waals surface area contributed by atoms with Gasteiger partial charge in [-0.3, -0.25) is 4.79 Å². The Morgan fingerprint density at radius 2 is 2.12 bits per heavy atom. The number of pyridine rings is 1. The normalized spacial score (nSPS) is 21.8. The summed E-state index contributed by atoms with van der Waals surface area (Å²) < 4.78 is 10.0. The molecular formula is C26H30N6O2. The van der Waals surface area contributed by atoms with Gasteiger partial charge >= 0.3 is 0 Å². The van der Waals surface area contributed by atoms with E-state index in [-0.39, 0.29) is 18.0 Å². The lowest BCUT2D eigenvalue weighted by atomic mass is 10.1. The van der Waals surface area contributed by atoms with Crippen molar-refractivity contribution in [1.29, 1.82) is 0 Å². The molecule has 8 nitrogen and oxygen atoms in total. The molecule has 1 aliphatic heterocycles. The Morgan fingerprint density at radius 1 is 1.26 bits per heavy atom. The number of rotatable bonds is 5. The summed E-state index contributed by atoms with van der Waals surface area (Å²) in [6, 6.07) is 10.1. The quantitative estimate of drug-likeness (QED) is 0.494. The number of nitrogens with two attached hydrogens (primary N) is 1. The monoisotopic (exact) mass is 458 g/mol. The Balaban J connectivity index is 1.48. The molecular weight excluding hydrogens is 428 g/mol. The number of amides is 1. The predicted octanol–water partition coefficient (Wildman–Crippen LogP) is 3.57. The maximum Gasteiger partial charge on any atom is 0.254 e. The third-order valence-electron chi connectivity index (χ3n) is 7.65. The minimum absolute atomic E-state index is 0.0133. The van der Waals surface area contributed by atoms with Gasteiger partial charge in [0.15, 0.2) is 5.82 Å². The van der Waals surface area contributed by atoms with Crippen LogP contribution >= 0.6 is 0 Å². The Labute approximate surface area is 198 Å². The minimum atomic E-state index is 0.0133. The largest absolute Gasteiger partial charge is 0.494 e. The van der Waals surface area contributed by atoms with Gasteiger partial charge in [-0.2, -0.15) is 0 Å². The van der Waals surface area contributed by atoms with E-state index in [1.54, 1.807) is 7.11 Å². The van der Waals surface area contributed by atoms with Gasteiger partial charge in [-0.05, 0) is 55.5 Å². The summed E-state index contributed by atoms with van der Waals surface area (Å²) in [6.07, 6.45) is 4.91. The topological polar surface area (TPSA) is 91.2 Å². The molecule has 1 amide bonds. The number of fused-ring (bicyclic) bond motifs is 4. The molecule has 2 aliphatic rings. The zero-order chi connectivity index (χ0) is 23.6. The predicted molar refractivity (Wildman–Crippen MR) is 132 cm³/mol. The van der Waals surface area contributed by atoms with Gasteiger partial charge in [0.2, 0.25) is 0 Å². The van der Waals surface area contributed by atoms with Crippen molar-refractivity contribution in [3.05, 3.63) is 42.1 Å². The molecule has 176 valence electrons. The number of nitrogens with zero attached hydrogens (tertiary/aromatic N) is 5. The summed E-state index contributed by atoms with van der Waals surface area (Å²) >= 11 is 0. The lowest BCUT2D eigenvalue weighted by Crippen LogP contribution is -2.41. The molecule has 8 heteroatoms. The van der Waals surface area contributed by atoms with Crippen LogP contribution in [0, 0.1) is 5.92 Å². The third kappa shape index (κ3) is 2.98. The van der Waals surface area contributed by atoms with Crippen LogP contribution in [0.5, 0.6) is 5.75 Å². The van der Waals surface area contributed by atoms with Crippen molar-refractivity contribution in [2.45, 2.75) is 44.8 Å². The van der Waals surface area contributed by atoms with Crippen LogP contribution in [0.2, 0.25) is 0 Å². The molecule has 1 aromatic carbocycles. The summed E-state index contributed by atoms with van der Waals surface area (Å²) in [5.74, 6) is 1.90. The third-order valence-corrected chi connectivity index (χ3v) is 7.65. The first-order valence-electron chi connectivity index (χ1n) is 12.1. The Bertz CT molecular complexity index is 1420. The van der Waals surface area contributed by atoms with Crippen molar-refractivity contribution < 1.29 is 9.53 Å². The zero-order valence-electron chi connectivity index (χ0n) is 19.9. The first-order valence-corrected chi connectivity index (χ1v) is 12.1. The maximum atomic E-state index is 13.5. The highest BCUT2D eigenvalue weighted by molar-refractivity contribution is 6.00. The number of ether oxygens (including phenoxy) is 1. The minimum Gasteiger partial charge on any atom is -0.494 e. The molecule has 3 aromatic heterocycles. The van der Waals surface area contributed by atoms with E-state index < -0.39 is 0 Å². The van der Waals surface area contributed by atoms with E-state index in [0.29, 0.717) is 17.2 Å². The number of carbonyl (C=O) groups is 1. The highest BCUT2D eigenvalue weighted by Gasteiger charge is 2.47. The summed E-state index contributed by atoms with van der Waals surface area (Å²) in [7, 11) is 3.63. The van der Waals surface area contributed by atoms with Crippen molar-refractivity contribution >= 4 is 28.0 Å². The Morgan fingerprint density at radius 3 is 2.82 bits per heavy atom. The van der Waals surface area contributed by atoms with Crippen LogP contribution in [0.25, 0.3) is 33.6 Å². The molecule has 34 heavy (non-hydrogen) atoms. The van der Waals surface area contributed by atoms with Crippen molar-refractivity contribution in [2.75, 3.05) is 13.7 Å². The van der Waals surface area contributed by atoms with Crippen LogP contribution in [0.3, 0.4) is 0 Å². The van der Waals surface area contributed by atoms with E-state index >= 15 is 0 Å². The van der Waals surface area contributed by atoms with Crippen molar-refractivity contribution in [3.8, 4) is 17.3 Å². The van der Waals surface area contributed by atoms with E-state index in [1.165, 1.54) is 0 Å². The van der Waals surface area contributed by atoms with Crippen LogP contribution in [-0.4, -0.2) is 55.6 Å². The standard InChI is InChI=1S/C26H30N6O2/c1-4-10-31-20(12-15-6-5-9-28-24(15)31)25-29-18-11-17(13-21(34-3)23(18)30(25)2)26(33)32-14-16-7-8-19(32)22(16)27/h5-6,9,11-13,16,19,22H,4,7-8,10,14,27H2,1-3H3/t16-,19-,22?/m1/s1. The fourth-order valence-corrected chi connectivity index (χ4v) is 5.99. The molecule has 2 N–H and O–H groups in total. The molecule has 4 heterocycles. The molecule has 0 spiro atoms. The first kappa shape index (κ1) is 21.2. The Kier molecular flexibility index (Phi) is 4.88. The fourth-order valence-electron chi connectivity index (χ4n) is 5.99. The lowest BCUT2D eigenvalue weighted by Gasteiger charge is -2.27. The van der Waals surface area contributed by atoms with Crippen LogP contribution in [0.15, 0.2) is 36.5 Å². The second-order valence-corrected chi connectivity index (χ2v) is 9.58. The number of hydrogen-bond donors (Lipinski definition) is 1. The number of aromatic nitrogens is 4. The van der Waals surface area contributed by atoms with E-state index in [0.717, 1.165) is 65.9 Å². The number of carbonyl (C=O) groups excluding carboxylic acids is 1. The average Bonchev–Trinajstić information content (AvgIpc) is 3.59. The van der Waals surface area contributed by atoms with Gasteiger partial charge in [0.1, 0.15) is 16.9 Å². The number of likely N-dealkylation sites (tertiary alicyclic amines) is 1.